The lowest BCUT2D eigenvalue weighted by Crippen LogP contribution is -2.36. The van der Waals surface area contributed by atoms with Gasteiger partial charge in [0, 0.05) is 31.4 Å². The lowest BCUT2D eigenvalue weighted by molar-refractivity contribution is -0.112. The Kier molecular flexibility index (Phi) is 3.10. The van der Waals surface area contributed by atoms with Gasteiger partial charge in [0.15, 0.2) is 0 Å². The van der Waals surface area contributed by atoms with Gasteiger partial charge in [0.05, 0.1) is 11.1 Å². The van der Waals surface area contributed by atoms with Gasteiger partial charge in [-0.25, -0.2) is 0 Å². The van der Waals surface area contributed by atoms with Crippen LogP contribution in [0.15, 0.2) is 29.3 Å². The van der Waals surface area contributed by atoms with Crippen LogP contribution in [0.2, 0.25) is 0 Å². The van der Waals surface area contributed by atoms with E-state index in [1.165, 1.54) is 7.05 Å². The van der Waals surface area contributed by atoms with Crippen LogP contribution in [0.25, 0.3) is 0 Å². The van der Waals surface area contributed by atoms with Crippen molar-refractivity contribution in [3.8, 4) is 0 Å². The Bertz CT molecular complexity index is 700. The molecule has 0 atom stereocenters. The average Bonchev–Trinajstić information content (AvgIpc) is 2.62. The minimum absolute atomic E-state index is 0.184. The molecule has 6 nitrogen and oxygen atoms in total. The van der Waals surface area contributed by atoms with Crippen molar-refractivity contribution in [1.29, 1.82) is 0 Å². The number of rotatable bonds is 2. The number of nitrogens with one attached hydrogen (secondary N) is 2. The van der Waals surface area contributed by atoms with Gasteiger partial charge < -0.3 is 10.6 Å². The third-order valence-electron chi connectivity index (χ3n) is 3.90. The first-order chi connectivity index (χ1) is 9.99. The fourth-order valence-corrected chi connectivity index (χ4v) is 2.34. The average molecular weight is 285 g/mol. The highest BCUT2D eigenvalue weighted by molar-refractivity contribution is 6.21. The molecule has 0 saturated carbocycles. The van der Waals surface area contributed by atoms with E-state index in [9.17, 15) is 14.4 Å². The number of benzene rings is 1. The highest BCUT2D eigenvalue weighted by Gasteiger charge is 2.32. The van der Waals surface area contributed by atoms with Crippen molar-refractivity contribution in [1.82, 2.24) is 10.2 Å². The molecule has 0 spiro atoms. The van der Waals surface area contributed by atoms with E-state index >= 15 is 0 Å². The molecule has 108 valence electrons. The van der Waals surface area contributed by atoms with E-state index in [1.54, 1.807) is 25.1 Å². The topological polar surface area (TPSA) is 78.5 Å². The van der Waals surface area contributed by atoms with Crippen LogP contribution in [0.1, 0.15) is 27.6 Å². The molecular weight excluding hydrogens is 270 g/mol. The first-order valence-electron chi connectivity index (χ1n) is 6.66. The molecule has 1 fully saturated rings. The normalized spacial score (nSPS) is 16.7. The monoisotopic (exact) mass is 285 g/mol. The predicted molar refractivity (Wildman–Crippen MR) is 77.1 cm³/mol. The number of fused-ring (bicyclic) bond motifs is 1. The Labute approximate surface area is 121 Å². The minimum atomic E-state index is -0.343. The summed E-state index contributed by atoms with van der Waals surface area (Å²) in [5, 5.41) is 5.85. The van der Waals surface area contributed by atoms with Crippen molar-refractivity contribution in [2.24, 2.45) is 0 Å². The summed E-state index contributed by atoms with van der Waals surface area (Å²) in [4.78, 5) is 36.9. The largest absolute Gasteiger partial charge is 0.322 e. The maximum atomic E-state index is 12.1. The van der Waals surface area contributed by atoms with Gasteiger partial charge in [0.25, 0.3) is 17.7 Å². The Morgan fingerprint density at radius 3 is 2.48 bits per heavy atom. The van der Waals surface area contributed by atoms with Crippen LogP contribution in [-0.2, 0) is 4.79 Å². The van der Waals surface area contributed by atoms with Gasteiger partial charge in [-0.3, -0.25) is 19.3 Å². The molecule has 0 radical (unpaired) electrons. The molecule has 2 aliphatic heterocycles. The smallest absolute Gasteiger partial charge is 0.261 e. The van der Waals surface area contributed by atoms with Gasteiger partial charge >= 0.3 is 0 Å². The Morgan fingerprint density at radius 1 is 1.19 bits per heavy atom. The summed E-state index contributed by atoms with van der Waals surface area (Å²) in [5.41, 5.74) is 2.99. The molecular formula is C15H15N3O3. The maximum Gasteiger partial charge on any atom is 0.261 e. The van der Waals surface area contributed by atoms with E-state index < -0.39 is 0 Å². The summed E-state index contributed by atoms with van der Waals surface area (Å²) in [5.74, 6) is -0.840. The molecule has 2 N–H and O–H groups in total. The number of nitrogens with zero attached hydrogens (tertiary/aromatic N) is 1. The van der Waals surface area contributed by atoms with E-state index in [-0.39, 0.29) is 17.7 Å². The summed E-state index contributed by atoms with van der Waals surface area (Å²) in [7, 11) is 1.45. The Morgan fingerprint density at radius 2 is 1.86 bits per heavy atom. The maximum absolute atomic E-state index is 12.1. The van der Waals surface area contributed by atoms with Crippen molar-refractivity contribution in [3.05, 3.63) is 40.5 Å². The van der Waals surface area contributed by atoms with E-state index in [1.807, 2.05) is 0 Å². The van der Waals surface area contributed by atoms with Crippen molar-refractivity contribution in [2.45, 2.75) is 6.92 Å². The molecule has 0 unspecified atom stereocenters. The zero-order valence-electron chi connectivity index (χ0n) is 11.8. The molecule has 0 aromatic heterocycles. The zero-order chi connectivity index (χ0) is 15.1. The summed E-state index contributed by atoms with van der Waals surface area (Å²) < 4.78 is 0. The predicted octanol–water partition coefficient (Wildman–Crippen LogP) is 0.771. The molecule has 1 aromatic carbocycles. The number of anilines is 1. The third-order valence-corrected chi connectivity index (χ3v) is 3.90. The minimum Gasteiger partial charge on any atom is -0.322 e. The molecule has 0 bridgehead atoms. The molecule has 21 heavy (non-hydrogen) atoms. The van der Waals surface area contributed by atoms with Crippen LogP contribution in [0.5, 0.6) is 0 Å². The fourth-order valence-electron chi connectivity index (χ4n) is 2.34. The van der Waals surface area contributed by atoms with E-state index in [0.717, 1.165) is 23.6 Å². The quantitative estimate of drug-likeness (QED) is 0.621. The van der Waals surface area contributed by atoms with Crippen LogP contribution in [0.4, 0.5) is 5.69 Å². The molecule has 3 rings (SSSR count). The zero-order valence-corrected chi connectivity index (χ0v) is 11.8. The van der Waals surface area contributed by atoms with Gasteiger partial charge in [-0.2, -0.15) is 0 Å². The van der Waals surface area contributed by atoms with Crippen LogP contribution in [-0.4, -0.2) is 42.8 Å². The lowest BCUT2D eigenvalue weighted by atomic mass is 10.0. The molecule has 1 saturated heterocycles. The first kappa shape index (κ1) is 13.5. The van der Waals surface area contributed by atoms with Gasteiger partial charge in [0.2, 0.25) is 0 Å². The van der Waals surface area contributed by atoms with Crippen molar-refractivity contribution in [2.75, 3.05) is 25.5 Å². The van der Waals surface area contributed by atoms with Crippen molar-refractivity contribution >= 4 is 23.4 Å². The summed E-state index contributed by atoms with van der Waals surface area (Å²) in [6.45, 7) is 3.25. The van der Waals surface area contributed by atoms with Crippen LogP contribution < -0.4 is 10.6 Å². The molecule has 1 aromatic rings. The Balaban J connectivity index is 1.84. The van der Waals surface area contributed by atoms with Crippen LogP contribution >= 0.6 is 0 Å². The van der Waals surface area contributed by atoms with Gasteiger partial charge in [-0.1, -0.05) is 0 Å². The number of amides is 3. The summed E-state index contributed by atoms with van der Waals surface area (Å²) in [6, 6.07) is 4.76. The van der Waals surface area contributed by atoms with E-state index in [4.69, 9.17) is 0 Å². The molecule has 3 amide bonds. The molecule has 6 heteroatoms. The second-order valence-electron chi connectivity index (χ2n) is 5.22. The van der Waals surface area contributed by atoms with Gasteiger partial charge in [-0.05, 0) is 30.7 Å². The highest BCUT2D eigenvalue weighted by atomic mass is 16.2. The number of hydrogen-bond acceptors (Lipinski definition) is 4. The molecule has 2 aliphatic rings. The second-order valence-corrected chi connectivity index (χ2v) is 5.22. The summed E-state index contributed by atoms with van der Waals surface area (Å²) in [6.07, 6.45) is 0. The van der Waals surface area contributed by atoms with E-state index in [2.05, 4.69) is 10.6 Å². The second kappa shape index (κ2) is 4.82. The highest BCUT2D eigenvalue weighted by Crippen LogP contribution is 2.25. The number of carbonyl (C=O) groups excluding carboxylic acids is 3. The molecule has 0 aliphatic carbocycles. The van der Waals surface area contributed by atoms with E-state index in [0.29, 0.717) is 22.4 Å². The SMILES string of the molecule is CC(C(=O)Nc1ccc2c(c1)C(=O)N(C)C2=O)=C1CNC1. The number of imide groups is 1. The summed E-state index contributed by atoms with van der Waals surface area (Å²) >= 11 is 0. The fraction of sp³-hybridized carbons (Fsp3) is 0.267. The van der Waals surface area contributed by atoms with Crippen LogP contribution in [0.3, 0.4) is 0 Å². The third kappa shape index (κ3) is 2.13. The standard InChI is InChI=1S/C15H15N3O3/c1-8(9-6-16-7-9)13(19)17-10-3-4-11-12(5-10)15(21)18(2)14(11)20/h3-5,16H,6-7H2,1-2H3,(H,17,19). The lowest BCUT2D eigenvalue weighted by Gasteiger charge is -2.21. The first-order valence-corrected chi connectivity index (χ1v) is 6.66. The van der Waals surface area contributed by atoms with Crippen molar-refractivity contribution < 1.29 is 14.4 Å². The molecule has 2 heterocycles. The van der Waals surface area contributed by atoms with Crippen molar-refractivity contribution in [3.63, 3.8) is 0 Å². The number of hydrogen-bond donors (Lipinski definition) is 2. The van der Waals surface area contributed by atoms with Gasteiger partial charge in [-0.15, -0.1) is 0 Å². The Hall–Kier alpha value is -2.47. The number of carbonyl (C=O) groups is 3. The van der Waals surface area contributed by atoms with Crippen LogP contribution in [0, 0.1) is 0 Å². The van der Waals surface area contributed by atoms with Gasteiger partial charge in [0.1, 0.15) is 0 Å².